The van der Waals surface area contributed by atoms with Crippen LogP contribution in [0.5, 0.6) is 0 Å². The number of carbonyl (C=O) groups excluding carboxylic acids is 2. The maximum atomic E-state index is 13.8. The van der Waals surface area contributed by atoms with Crippen molar-refractivity contribution in [3.63, 3.8) is 0 Å². The summed E-state index contributed by atoms with van der Waals surface area (Å²) in [4.78, 5) is 33.2. The maximum absolute atomic E-state index is 13.8. The largest absolute Gasteiger partial charge is 0.381 e. The van der Waals surface area contributed by atoms with Gasteiger partial charge in [0.2, 0.25) is 11.8 Å². The molecule has 0 bridgehead atoms. The van der Waals surface area contributed by atoms with Gasteiger partial charge in [-0.25, -0.2) is 0 Å². The van der Waals surface area contributed by atoms with Gasteiger partial charge in [0.15, 0.2) is 0 Å². The Balaban J connectivity index is 1.71. The highest BCUT2D eigenvalue weighted by Gasteiger charge is 2.37. The molecular weight excluding hydrogens is 416 g/mol. The molecule has 1 aromatic heterocycles. The van der Waals surface area contributed by atoms with E-state index in [0.717, 1.165) is 19.4 Å². The van der Waals surface area contributed by atoms with Gasteiger partial charge in [-0.3, -0.25) is 19.5 Å². The maximum Gasteiger partial charge on any atom is 0.247 e. The van der Waals surface area contributed by atoms with Crippen molar-refractivity contribution in [2.75, 3.05) is 31.2 Å². The third-order valence-corrected chi connectivity index (χ3v) is 6.39. The third-order valence-electron chi connectivity index (χ3n) is 6.39. The first-order valence-electron chi connectivity index (χ1n) is 11.8. The Hall–Kier alpha value is -2.77. The number of hydrogen-bond donors (Lipinski definition) is 2. The summed E-state index contributed by atoms with van der Waals surface area (Å²) in [7, 11) is 0. The van der Waals surface area contributed by atoms with Crippen LogP contribution in [0.25, 0.3) is 0 Å². The van der Waals surface area contributed by atoms with Gasteiger partial charge in [0.1, 0.15) is 6.04 Å². The molecule has 0 radical (unpaired) electrons. The summed E-state index contributed by atoms with van der Waals surface area (Å²) >= 11 is 0. The second-order valence-electron chi connectivity index (χ2n) is 9.99. The molecule has 1 aromatic carbocycles. The van der Waals surface area contributed by atoms with E-state index in [1.807, 2.05) is 30.3 Å². The van der Waals surface area contributed by atoms with Crippen LogP contribution in [0.4, 0.5) is 5.69 Å². The lowest BCUT2D eigenvalue weighted by Crippen LogP contribution is -2.51. The van der Waals surface area contributed by atoms with Crippen molar-refractivity contribution < 1.29 is 14.3 Å². The predicted molar refractivity (Wildman–Crippen MR) is 128 cm³/mol. The highest BCUT2D eigenvalue weighted by Crippen LogP contribution is 2.32. The van der Waals surface area contributed by atoms with Gasteiger partial charge in [-0.2, -0.15) is 0 Å². The molecule has 0 aliphatic carbocycles. The van der Waals surface area contributed by atoms with Crippen LogP contribution in [0.3, 0.4) is 0 Å². The van der Waals surface area contributed by atoms with E-state index in [1.165, 1.54) is 5.56 Å². The smallest absolute Gasteiger partial charge is 0.247 e. The molecule has 2 unspecified atom stereocenters. The number of amides is 2. The van der Waals surface area contributed by atoms with E-state index < -0.39 is 6.04 Å². The molecule has 7 heteroatoms. The molecule has 2 saturated heterocycles. The van der Waals surface area contributed by atoms with Crippen LogP contribution < -0.4 is 15.5 Å². The first kappa shape index (κ1) is 23.4. The van der Waals surface area contributed by atoms with Gasteiger partial charge < -0.3 is 15.4 Å². The van der Waals surface area contributed by atoms with E-state index in [2.05, 4.69) is 36.4 Å². The number of hydrogen-bond acceptors (Lipinski definition) is 5. The zero-order valence-corrected chi connectivity index (χ0v) is 19.7. The Bertz CT molecular complexity index is 946. The van der Waals surface area contributed by atoms with Gasteiger partial charge in [-0.15, -0.1) is 0 Å². The zero-order valence-electron chi connectivity index (χ0n) is 19.7. The van der Waals surface area contributed by atoms with Crippen molar-refractivity contribution in [2.24, 2.45) is 5.92 Å². The molecule has 33 heavy (non-hydrogen) atoms. The van der Waals surface area contributed by atoms with E-state index in [-0.39, 0.29) is 23.3 Å². The lowest BCUT2D eigenvalue weighted by molar-refractivity contribution is -0.128. The van der Waals surface area contributed by atoms with E-state index in [0.29, 0.717) is 36.9 Å². The van der Waals surface area contributed by atoms with E-state index in [9.17, 15) is 9.59 Å². The first-order chi connectivity index (χ1) is 15.8. The lowest BCUT2D eigenvalue weighted by Gasteiger charge is -2.34. The fourth-order valence-electron chi connectivity index (χ4n) is 4.29. The number of nitrogens with zero attached hydrogens (tertiary/aromatic N) is 2. The average Bonchev–Trinajstić information content (AvgIpc) is 3.31. The molecule has 2 aliphatic heterocycles. The quantitative estimate of drug-likeness (QED) is 0.678. The van der Waals surface area contributed by atoms with Gasteiger partial charge in [0.25, 0.3) is 0 Å². The fraction of sp³-hybridized carbons (Fsp3) is 0.500. The van der Waals surface area contributed by atoms with Crippen LogP contribution in [0.15, 0.2) is 48.8 Å². The van der Waals surface area contributed by atoms with Crippen molar-refractivity contribution in [3.05, 3.63) is 59.9 Å². The van der Waals surface area contributed by atoms with Crippen molar-refractivity contribution in [1.82, 2.24) is 15.6 Å². The topological polar surface area (TPSA) is 83.6 Å². The second-order valence-corrected chi connectivity index (χ2v) is 9.99. The summed E-state index contributed by atoms with van der Waals surface area (Å²) in [5.74, 6) is 0.0170. The van der Waals surface area contributed by atoms with Crippen LogP contribution in [0.2, 0.25) is 0 Å². The minimum absolute atomic E-state index is 0.00858. The van der Waals surface area contributed by atoms with Crippen molar-refractivity contribution in [1.29, 1.82) is 0 Å². The van der Waals surface area contributed by atoms with Crippen molar-refractivity contribution in [2.45, 2.75) is 51.1 Å². The Labute approximate surface area is 195 Å². The van der Waals surface area contributed by atoms with Gasteiger partial charge in [-0.1, -0.05) is 39.0 Å². The molecular formula is C26H34N4O3. The molecule has 176 valence electrons. The standard InChI is InChI=1S/C26H34N4O3/c1-26(2,3)20-8-10-21(11-9-20)30(25(32)22-7-5-13-28-22)23(19-6-4-12-27-15-19)24(31)29-14-18-16-33-17-18/h4,6,8-12,15,18,22-23,28H,5,7,13-14,16-17H2,1-3H3,(H,29,31). The van der Waals surface area contributed by atoms with E-state index >= 15 is 0 Å². The molecule has 2 aliphatic rings. The lowest BCUT2D eigenvalue weighted by atomic mass is 9.87. The van der Waals surface area contributed by atoms with Gasteiger partial charge >= 0.3 is 0 Å². The summed E-state index contributed by atoms with van der Waals surface area (Å²) in [5.41, 5.74) is 2.56. The Morgan fingerprint density at radius 1 is 1.21 bits per heavy atom. The second kappa shape index (κ2) is 10.0. The number of nitrogens with one attached hydrogen (secondary N) is 2. The van der Waals surface area contributed by atoms with Crippen molar-refractivity contribution >= 4 is 17.5 Å². The number of benzene rings is 1. The summed E-state index contributed by atoms with van der Waals surface area (Å²) in [5, 5.41) is 6.35. The Morgan fingerprint density at radius 2 is 1.97 bits per heavy atom. The number of anilines is 1. The monoisotopic (exact) mass is 450 g/mol. The van der Waals surface area contributed by atoms with Gasteiger partial charge in [0.05, 0.1) is 19.3 Å². The minimum atomic E-state index is -0.810. The Kier molecular flexibility index (Phi) is 7.10. The van der Waals surface area contributed by atoms with Crippen LogP contribution in [0, 0.1) is 5.92 Å². The number of carbonyl (C=O) groups is 2. The molecule has 2 aromatic rings. The molecule has 2 amide bonds. The van der Waals surface area contributed by atoms with Crippen LogP contribution >= 0.6 is 0 Å². The molecule has 2 atom stereocenters. The van der Waals surface area contributed by atoms with E-state index in [1.54, 1.807) is 23.4 Å². The number of rotatable bonds is 7. The minimum Gasteiger partial charge on any atom is -0.381 e. The molecule has 3 heterocycles. The highest BCUT2D eigenvalue weighted by atomic mass is 16.5. The molecule has 7 nitrogen and oxygen atoms in total. The molecule has 2 fully saturated rings. The summed E-state index contributed by atoms with van der Waals surface area (Å²) in [6.45, 7) is 9.11. The van der Waals surface area contributed by atoms with Gasteiger partial charge in [0, 0.05) is 36.1 Å². The molecule has 0 saturated carbocycles. The highest BCUT2D eigenvalue weighted by molar-refractivity contribution is 6.03. The number of ether oxygens (including phenoxy) is 1. The fourth-order valence-corrected chi connectivity index (χ4v) is 4.29. The first-order valence-corrected chi connectivity index (χ1v) is 11.8. The van der Waals surface area contributed by atoms with E-state index in [4.69, 9.17) is 4.74 Å². The summed E-state index contributed by atoms with van der Waals surface area (Å²) in [6.07, 6.45) is 5.05. The normalized spacial score (nSPS) is 19.5. The Morgan fingerprint density at radius 3 is 2.52 bits per heavy atom. The SMILES string of the molecule is CC(C)(C)c1ccc(N(C(=O)C2CCCN2)C(C(=O)NCC2COC2)c2cccnc2)cc1. The summed E-state index contributed by atoms with van der Waals surface area (Å²) < 4.78 is 5.24. The molecule has 0 spiro atoms. The number of pyridine rings is 1. The average molecular weight is 451 g/mol. The van der Waals surface area contributed by atoms with Crippen molar-refractivity contribution in [3.8, 4) is 0 Å². The van der Waals surface area contributed by atoms with Crippen LogP contribution in [-0.4, -0.2) is 49.1 Å². The summed E-state index contributed by atoms with van der Waals surface area (Å²) in [6, 6.07) is 10.5. The van der Waals surface area contributed by atoms with Crippen LogP contribution in [-0.2, 0) is 19.7 Å². The van der Waals surface area contributed by atoms with Crippen LogP contribution in [0.1, 0.15) is 50.8 Å². The third kappa shape index (κ3) is 5.42. The molecule has 4 rings (SSSR count). The molecule has 2 N–H and O–H groups in total. The van der Waals surface area contributed by atoms with Gasteiger partial charge in [-0.05, 0) is 48.6 Å². The number of aromatic nitrogens is 1. The predicted octanol–water partition coefficient (Wildman–Crippen LogP) is 2.97. The zero-order chi connectivity index (χ0) is 23.4.